The number of anilines is 2. The summed E-state index contributed by atoms with van der Waals surface area (Å²) in [7, 11) is 0. The standard InChI is InChI=1S/C25H21F3N8O2/c1-2-19(37)35-10-8-17(12-35)36-23-20(22(29)31-13-32-23)21(34-36)14-3-5-15(6-4-14)24(38)33-18-11-16(7-9-30-18)25(26,27)28/h2-7,9,11,13,17H,1,8,10,12H2,(H2,29,31,32)(H,30,33,38). The average Bonchev–Trinajstić information content (AvgIpc) is 3.54. The summed E-state index contributed by atoms with van der Waals surface area (Å²) >= 11 is 0. The summed E-state index contributed by atoms with van der Waals surface area (Å²) in [6.45, 7) is 4.53. The van der Waals surface area contributed by atoms with Gasteiger partial charge in [-0.3, -0.25) is 9.59 Å². The molecule has 1 saturated heterocycles. The Morgan fingerprint density at radius 1 is 1.13 bits per heavy atom. The number of fused-ring (bicyclic) bond motifs is 1. The van der Waals surface area contributed by atoms with Crippen LogP contribution in [0.1, 0.15) is 28.4 Å². The maximum atomic E-state index is 13.0. The number of nitrogen functional groups attached to an aromatic ring is 1. The largest absolute Gasteiger partial charge is 0.416 e. The molecule has 194 valence electrons. The fourth-order valence-corrected chi connectivity index (χ4v) is 4.37. The van der Waals surface area contributed by atoms with Gasteiger partial charge in [-0.2, -0.15) is 18.3 Å². The first-order valence-electron chi connectivity index (χ1n) is 11.5. The topological polar surface area (TPSA) is 132 Å². The van der Waals surface area contributed by atoms with E-state index in [1.807, 2.05) is 0 Å². The molecule has 10 nitrogen and oxygen atoms in total. The van der Waals surface area contributed by atoms with Gasteiger partial charge in [-0.15, -0.1) is 0 Å². The Morgan fingerprint density at radius 2 is 1.89 bits per heavy atom. The molecule has 1 aromatic carbocycles. The zero-order valence-corrected chi connectivity index (χ0v) is 19.8. The van der Waals surface area contributed by atoms with E-state index in [0.29, 0.717) is 41.8 Å². The summed E-state index contributed by atoms with van der Waals surface area (Å²) in [4.78, 5) is 38.6. The van der Waals surface area contributed by atoms with Gasteiger partial charge in [0.05, 0.1) is 17.0 Å². The molecule has 3 N–H and O–H groups in total. The number of hydrogen-bond donors (Lipinski definition) is 2. The number of nitrogens with one attached hydrogen (secondary N) is 1. The number of alkyl halides is 3. The van der Waals surface area contributed by atoms with Crippen LogP contribution in [0.2, 0.25) is 0 Å². The van der Waals surface area contributed by atoms with E-state index < -0.39 is 17.6 Å². The van der Waals surface area contributed by atoms with Gasteiger partial charge >= 0.3 is 6.18 Å². The number of likely N-dealkylation sites (tertiary alicyclic amines) is 1. The van der Waals surface area contributed by atoms with Crippen LogP contribution in [-0.4, -0.2) is 54.5 Å². The second-order valence-corrected chi connectivity index (χ2v) is 8.64. The summed E-state index contributed by atoms with van der Waals surface area (Å²) in [6.07, 6.45) is -0.291. The molecule has 0 aliphatic carbocycles. The van der Waals surface area contributed by atoms with Crippen LogP contribution in [0.4, 0.5) is 24.8 Å². The van der Waals surface area contributed by atoms with Crippen LogP contribution in [0.3, 0.4) is 0 Å². The second kappa shape index (κ2) is 9.57. The Morgan fingerprint density at radius 3 is 2.61 bits per heavy atom. The zero-order valence-electron chi connectivity index (χ0n) is 19.8. The van der Waals surface area contributed by atoms with Gasteiger partial charge in [0.1, 0.15) is 23.7 Å². The van der Waals surface area contributed by atoms with E-state index in [0.717, 1.165) is 18.3 Å². The number of amides is 2. The summed E-state index contributed by atoms with van der Waals surface area (Å²) in [5.74, 6) is -0.776. The minimum atomic E-state index is -4.56. The maximum Gasteiger partial charge on any atom is 0.416 e. The number of benzene rings is 1. The molecule has 38 heavy (non-hydrogen) atoms. The Labute approximate surface area is 214 Å². The molecule has 3 aromatic heterocycles. The number of carbonyl (C=O) groups excluding carboxylic acids is 2. The molecule has 13 heteroatoms. The van der Waals surface area contributed by atoms with Gasteiger partial charge in [0.25, 0.3) is 5.91 Å². The minimum absolute atomic E-state index is 0.130. The molecule has 0 bridgehead atoms. The molecule has 0 spiro atoms. The van der Waals surface area contributed by atoms with E-state index in [9.17, 15) is 22.8 Å². The van der Waals surface area contributed by atoms with Crippen LogP contribution in [0.15, 0.2) is 61.6 Å². The first-order valence-corrected chi connectivity index (χ1v) is 11.5. The first kappa shape index (κ1) is 24.9. The van der Waals surface area contributed by atoms with Gasteiger partial charge in [0.15, 0.2) is 5.65 Å². The SMILES string of the molecule is C=CC(=O)N1CCC(n2nc(-c3ccc(C(=O)Nc4cc(C(F)(F)F)ccn4)cc3)c3c(N)ncnc32)C1. The highest BCUT2D eigenvalue weighted by Gasteiger charge is 2.31. The zero-order chi connectivity index (χ0) is 27.0. The van der Waals surface area contributed by atoms with Crippen molar-refractivity contribution >= 4 is 34.5 Å². The molecule has 1 aliphatic rings. The number of aromatic nitrogens is 5. The van der Waals surface area contributed by atoms with Crippen molar-refractivity contribution in [2.75, 3.05) is 24.1 Å². The van der Waals surface area contributed by atoms with Crippen LogP contribution < -0.4 is 11.1 Å². The Hall–Kier alpha value is -4.81. The van der Waals surface area contributed by atoms with Crippen molar-refractivity contribution in [3.8, 4) is 11.3 Å². The number of nitrogens with zero attached hydrogens (tertiary/aromatic N) is 6. The molecule has 0 saturated carbocycles. The number of carbonyl (C=O) groups is 2. The van der Waals surface area contributed by atoms with Gasteiger partial charge in [-0.05, 0) is 36.8 Å². The molecule has 0 radical (unpaired) electrons. The number of hydrogen-bond acceptors (Lipinski definition) is 7. The quantitative estimate of drug-likeness (QED) is 0.382. The van der Waals surface area contributed by atoms with Crippen molar-refractivity contribution in [1.29, 1.82) is 0 Å². The van der Waals surface area contributed by atoms with Crippen molar-refractivity contribution in [3.63, 3.8) is 0 Å². The predicted octanol–water partition coefficient (Wildman–Crippen LogP) is 3.70. The van der Waals surface area contributed by atoms with Crippen LogP contribution >= 0.6 is 0 Å². The van der Waals surface area contributed by atoms with E-state index >= 15 is 0 Å². The fraction of sp³-hybridized carbons (Fsp3) is 0.200. The molecule has 1 aliphatic heterocycles. The highest BCUT2D eigenvalue weighted by atomic mass is 19.4. The lowest BCUT2D eigenvalue weighted by molar-refractivity contribution is -0.137. The van der Waals surface area contributed by atoms with E-state index in [1.54, 1.807) is 21.7 Å². The highest BCUT2D eigenvalue weighted by molar-refractivity contribution is 6.04. The predicted molar refractivity (Wildman–Crippen MR) is 133 cm³/mol. The second-order valence-electron chi connectivity index (χ2n) is 8.64. The molecule has 4 heterocycles. The number of rotatable bonds is 5. The van der Waals surface area contributed by atoms with Crippen LogP contribution in [0.25, 0.3) is 22.3 Å². The van der Waals surface area contributed by atoms with Crippen LogP contribution in [0, 0.1) is 0 Å². The summed E-state index contributed by atoms with van der Waals surface area (Å²) in [5.41, 5.74) is 7.10. The molecule has 5 rings (SSSR count). The van der Waals surface area contributed by atoms with E-state index in [4.69, 9.17) is 10.8 Å². The molecular weight excluding hydrogens is 501 g/mol. The molecule has 4 aromatic rings. The Bertz CT molecular complexity index is 1550. The third-order valence-corrected chi connectivity index (χ3v) is 6.26. The van der Waals surface area contributed by atoms with E-state index in [2.05, 4.69) is 26.8 Å². The lowest BCUT2D eigenvalue weighted by atomic mass is 10.1. The van der Waals surface area contributed by atoms with Gasteiger partial charge in [-0.1, -0.05) is 18.7 Å². The minimum Gasteiger partial charge on any atom is -0.383 e. The lowest BCUT2D eigenvalue weighted by Gasteiger charge is -2.14. The Kier molecular flexibility index (Phi) is 6.27. The van der Waals surface area contributed by atoms with E-state index in [1.165, 1.54) is 24.5 Å². The van der Waals surface area contributed by atoms with Crippen molar-refractivity contribution in [1.82, 2.24) is 29.6 Å². The monoisotopic (exact) mass is 522 g/mol. The van der Waals surface area contributed by atoms with Gasteiger partial charge in [-0.25, -0.2) is 19.6 Å². The third kappa shape index (κ3) is 4.65. The summed E-state index contributed by atoms with van der Waals surface area (Å²) in [5, 5.41) is 7.66. The van der Waals surface area contributed by atoms with Crippen LogP contribution in [-0.2, 0) is 11.0 Å². The molecular formula is C25H21F3N8O2. The van der Waals surface area contributed by atoms with Gasteiger partial charge in [0, 0.05) is 30.4 Å². The summed E-state index contributed by atoms with van der Waals surface area (Å²) in [6, 6.07) is 7.79. The van der Waals surface area contributed by atoms with Crippen molar-refractivity contribution in [3.05, 3.63) is 72.7 Å². The number of halogens is 3. The maximum absolute atomic E-state index is 13.0. The molecule has 1 atom stereocenters. The molecule has 1 unspecified atom stereocenters. The highest BCUT2D eigenvalue weighted by Crippen LogP contribution is 2.34. The average molecular weight is 522 g/mol. The lowest BCUT2D eigenvalue weighted by Crippen LogP contribution is -2.27. The third-order valence-electron chi connectivity index (χ3n) is 6.26. The molecule has 1 fully saturated rings. The normalized spacial score (nSPS) is 15.6. The van der Waals surface area contributed by atoms with E-state index in [-0.39, 0.29) is 29.1 Å². The van der Waals surface area contributed by atoms with Crippen molar-refractivity contribution in [2.45, 2.75) is 18.6 Å². The van der Waals surface area contributed by atoms with Crippen molar-refractivity contribution in [2.24, 2.45) is 0 Å². The first-order chi connectivity index (χ1) is 18.2. The van der Waals surface area contributed by atoms with Crippen molar-refractivity contribution < 1.29 is 22.8 Å². The fourth-order valence-electron chi connectivity index (χ4n) is 4.37. The van der Waals surface area contributed by atoms with Gasteiger partial charge in [0.2, 0.25) is 5.91 Å². The van der Waals surface area contributed by atoms with Crippen LogP contribution in [0.5, 0.6) is 0 Å². The number of pyridine rings is 1. The number of nitrogens with two attached hydrogens (primary N) is 1. The smallest absolute Gasteiger partial charge is 0.383 e. The molecule has 2 amide bonds. The Balaban J connectivity index is 1.42. The summed E-state index contributed by atoms with van der Waals surface area (Å²) < 4.78 is 40.6. The van der Waals surface area contributed by atoms with Gasteiger partial charge < -0.3 is 16.0 Å².